The number of carbonyl (C=O) groups excluding carboxylic acids is 1. The molecule has 22 heavy (non-hydrogen) atoms. The first kappa shape index (κ1) is 16.9. The maximum atomic E-state index is 12.1. The third kappa shape index (κ3) is 4.25. The topological polar surface area (TPSA) is 32.3 Å². The van der Waals surface area contributed by atoms with E-state index in [1.54, 1.807) is 0 Å². The van der Waals surface area contributed by atoms with Crippen molar-refractivity contribution in [2.75, 3.05) is 18.0 Å². The van der Waals surface area contributed by atoms with Crippen molar-refractivity contribution in [2.24, 2.45) is 11.3 Å². The van der Waals surface area contributed by atoms with Crippen LogP contribution in [-0.4, -0.2) is 19.0 Å². The van der Waals surface area contributed by atoms with Crippen molar-refractivity contribution in [1.82, 2.24) is 5.32 Å². The second kappa shape index (κ2) is 6.72. The van der Waals surface area contributed by atoms with Crippen molar-refractivity contribution in [3.8, 4) is 0 Å². The summed E-state index contributed by atoms with van der Waals surface area (Å²) in [6, 6.07) is 8.69. The van der Waals surface area contributed by atoms with Crippen LogP contribution in [0.2, 0.25) is 0 Å². The number of nitrogens with one attached hydrogen (secondary N) is 1. The molecular weight excluding hydrogens is 272 g/mol. The Morgan fingerprint density at radius 2 is 1.73 bits per heavy atom. The molecule has 1 saturated heterocycles. The zero-order valence-corrected chi connectivity index (χ0v) is 14.6. The van der Waals surface area contributed by atoms with E-state index >= 15 is 0 Å². The average Bonchev–Trinajstić information content (AvgIpc) is 2.47. The second-order valence-electron chi connectivity index (χ2n) is 7.71. The van der Waals surface area contributed by atoms with Crippen LogP contribution in [0.4, 0.5) is 5.69 Å². The molecule has 122 valence electrons. The van der Waals surface area contributed by atoms with Crippen LogP contribution in [0.25, 0.3) is 0 Å². The standard InChI is InChI=1S/C19H30N2O/c1-14-10-12-21(13-11-14)17-8-6-16(7-9-17)15(2)20-18(22)19(3,4)5/h6-9,14-15H,10-13H2,1-5H3,(H,20,22). The predicted octanol–water partition coefficient (Wildman–Crippen LogP) is 4.15. The van der Waals surface area contributed by atoms with Gasteiger partial charge in [-0.15, -0.1) is 0 Å². The molecule has 0 aromatic heterocycles. The first-order valence-electron chi connectivity index (χ1n) is 8.43. The molecule has 1 N–H and O–H groups in total. The number of carbonyl (C=O) groups is 1. The highest BCUT2D eigenvalue weighted by molar-refractivity contribution is 5.81. The van der Waals surface area contributed by atoms with E-state index in [1.165, 1.54) is 18.5 Å². The van der Waals surface area contributed by atoms with E-state index in [-0.39, 0.29) is 17.4 Å². The zero-order valence-electron chi connectivity index (χ0n) is 14.6. The Balaban J connectivity index is 1.98. The van der Waals surface area contributed by atoms with Gasteiger partial charge in [-0.2, -0.15) is 0 Å². The van der Waals surface area contributed by atoms with Gasteiger partial charge in [0.1, 0.15) is 0 Å². The maximum Gasteiger partial charge on any atom is 0.225 e. The van der Waals surface area contributed by atoms with Crippen molar-refractivity contribution >= 4 is 11.6 Å². The van der Waals surface area contributed by atoms with E-state index in [4.69, 9.17) is 0 Å². The summed E-state index contributed by atoms with van der Waals surface area (Å²) in [6.45, 7) is 12.5. The molecule has 3 nitrogen and oxygen atoms in total. The summed E-state index contributed by atoms with van der Waals surface area (Å²) in [4.78, 5) is 14.5. The number of nitrogens with zero attached hydrogens (tertiary/aromatic N) is 1. The van der Waals surface area contributed by atoms with Gasteiger partial charge in [-0.1, -0.05) is 39.8 Å². The van der Waals surface area contributed by atoms with Gasteiger partial charge in [-0.3, -0.25) is 4.79 Å². The molecule has 1 aromatic rings. The predicted molar refractivity (Wildman–Crippen MR) is 93.1 cm³/mol. The summed E-state index contributed by atoms with van der Waals surface area (Å²) >= 11 is 0. The SMILES string of the molecule is CC1CCN(c2ccc(C(C)NC(=O)C(C)(C)C)cc2)CC1. The number of hydrogen-bond acceptors (Lipinski definition) is 2. The van der Waals surface area contributed by atoms with Crippen molar-refractivity contribution in [3.63, 3.8) is 0 Å². The number of hydrogen-bond donors (Lipinski definition) is 1. The molecule has 1 fully saturated rings. The molecule has 1 unspecified atom stereocenters. The molecule has 2 rings (SSSR count). The Labute approximate surface area is 135 Å². The van der Waals surface area contributed by atoms with Gasteiger partial charge in [-0.05, 0) is 43.4 Å². The smallest absolute Gasteiger partial charge is 0.225 e. The molecule has 1 aliphatic rings. The van der Waals surface area contributed by atoms with Crippen molar-refractivity contribution in [2.45, 2.75) is 53.5 Å². The minimum Gasteiger partial charge on any atom is -0.372 e. The molecule has 0 spiro atoms. The molecule has 1 atom stereocenters. The van der Waals surface area contributed by atoms with Gasteiger partial charge in [0.15, 0.2) is 0 Å². The van der Waals surface area contributed by atoms with Gasteiger partial charge in [-0.25, -0.2) is 0 Å². The highest BCUT2D eigenvalue weighted by Gasteiger charge is 2.23. The Morgan fingerprint density at radius 1 is 1.18 bits per heavy atom. The summed E-state index contributed by atoms with van der Waals surface area (Å²) in [7, 11) is 0. The van der Waals surface area contributed by atoms with Crippen LogP contribution in [0.1, 0.15) is 59.1 Å². The molecule has 1 heterocycles. The van der Waals surface area contributed by atoms with Crippen LogP contribution >= 0.6 is 0 Å². The fourth-order valence-electron chi connectivity index (χ4n) is 2.74. The second-order valence-corrected chi connectivity index (χ2v) is 7.71. The molecule has 3 heteroatoms. The molecule has 0 radical (unpaired) electrons. The Kier molecular flexibility index (Phi) is 5.15. The fourth-order valence-corrected chi connectivity index (χ4v) is 2.74. The minimum absolute atomic E-state index is 0.0437. The normalized spacial score (nSPS) is 18.1. The van der Waals surface area contributed by atoms with Crippen molar-refractivity contribution in [1.29, 1.82) is 0 Å². The fraction of sp³-hybridized carbons (Fsp3) is 0.632. The van der Waals surface area contributed by atoms with Crippen LogP contribution < -0.4 is 10.2 Å². The van der Waals surface area contributed by atoms with Gasteiger partial charge in [0, 0.05) is 24.2 Å². The van der Waals surface area contributed by atoms with Crippen LogP contribution in [0.5, 0.6) is 0 Å². The van der Waals surface area contributed by atoms with Gasteiger partial charge >= 0.3 is 0 Å². The van der Waals surface area contributed by atoms with E-state index < -0.39 is 0 Å². The Morgan fingerprint density at radius 3 is 2.23 bits per heavy atom. The van der Waals surface area contributed by atoms with Crippen molar-refractivity contribution < 1.29 is 4.79 Å². The Hall–Kier alpha value is -1.51. The van der Waals surface area contributed by atoms with E-state index in [0.717, 1.165) is 24.6 Å². The third-order valence-electron chi connectivity index (χ3n) is 4.57. The van der Waals surface area contributed by atoms with Crippen LogP contribution in [-0.2, 0) is 4.79 Å². The lowest BCUT2D eigenvalue weighted by Crippen LogP contribution is -2.36. The maximum absolute atomic E-state index is 12.1. The summed E-state index contributed by atoms with van der Waals surface area (Å²) in [5.41, 5.74) is 2.11. The average molecular weight is 302 g/mol. The first-order chi connectivity index (χ1) is 10.3. The third-order valence-corrected chi connectivity index (χ3v) is 4.57. The van der Waals surface area contributed by atoms with Crippen molar-refractivity contribution in [3.05, 3.63) is 29.8 Å². The molecule has 0 bridgehead atoms. The Bertz CT molecular complexity index is 493. The number of rotatable bonds is 3. The number of amides is 1. The zero-order chi connectivity index (χ0) is 16.3. The van der Waals surface area contributed by atoms with Gasteiger partial charge in [0.25, 0.3) is 0 Å². The largest absolute Gasteiger partial charge is 0.372 e. The number of anilines is 1. The quantitative estimate of drug-likeness (QED) is 0.910. The summed E-state index contributed by atoms with van der Waals surface area (Å²) in [5, 5.41) is 3.09. The lowest BCUT2D eigenvalue weighted by Gasteiger charge is -2.32. The first-order valence-corrected chi connectivity index (χ1v) is 8.43. The molecule has 0 aliphatic carbocycles. The van der Waals surface area contributed by atoms with Gasteiger partial charge < -0.3 is 10.2 Å². The highest BCUT2D eigenvalue weighted by atomic mass is 16.2. The van der Waals surface area contributed by atoms with Crippen LogP contribution in [0.3, 0.4) is 0 Å². The lowest BCUT2D eigenvalue weighted by atomic mass is 9.94. The number of benzene rings is 1. The molecule has 1 aliphatic heterocycles. The molecule has 0 saturated carbocycles. The van der Waals surface area contributed by atoms with Gasteiger partial charge in [0.05, 0.1) is 6.04 Å². The minimum atomic E-state index is -0.349. The van der Waals surface area contributed by atoms with E-state index in [0.29, 0.717) is 0 Å². The molecular formula is C19H30N2O. The summed E-state index contributed by atoms with van der Waals surface area (Å²) < 4.78 is 0. The summed E-state index contributed by atoms with van der Waals surface area (Å²) in [5.74, 6) is 0.942. The van der Waals surface area contributed by atoms with E-state index in [2.05, 4.69) is 41.4 Å². The van der Waals surface area contributed by atoms with Crippen LogP contribution in [0, 0.1) is 11.3 Å². The van der Waals surface area contributed by atoms with Gasteiger partial charge in [0.2, 0.25) is 5.91 Å². The number of piperidine rings is 1. The van der Waals surface area contributed by atoms with E-state index in [1.807, 2.05) is 27.7 Å². The molecule has 1 amide bonds. The lowest BCUT2D eigenvalue weighted by molar-refractivity contribution is -0.129. The van der Waals surface area contributed by atoms with E-state index in [9.17, 15) is 4.79 Å². The molecule has 1 aromatic carbocycles. The monoisotopic (exact) mass is 302 g/mol. The summed E-state index contributed by atoms with van der Waals surface area (Å²) in [6.07, 6.45) is 2.56. The highest BCUT2D eigenvalue weighted by Crippen LogP contribution is 2.25. The van der Waals surface area contributed by atoms with Crippen LogP contribution in [0.15, 0.2) is 24.3 Å².